The van der Waals surface area contributed by atoms with Gasteiger partial charge in [-0.1, -0.05) is 30.3 Å². The highest BCUT2D eigenvalue weighted by molar-refractivity contribution is 5.97. The fourth-order valence-corrected chi connectivity index (χ4v) is 3.01. The van der Waals surface area contributed by atoms with Gasteiger partial charge in [0.15, 0.2) is 0 Å². The molecule has 4 rings (SSSR count). The SMILES string of the molecule is O=C(NCc1ccccc1)c1cn(C2CC2)c2cc(F)ccc2c1=O. The van der Waals surface area contributed by atoms with Crippen molar-refractivity contribution in [1.82, 2.24) is 9.88 Å². The van der Waals surface area contributed by atoms with Crippen molar-refractivity contribution >= 4 is 16.8 Å². The van der Waals surface area contributed by atoms with Crippen LogP contribution in [0, 0.1) is 5.82 Å². The highest BCUT2D eigenvalue weighted by Crippen LogP contribution is 2.37. The standard InChI is InChI=1S/C20H17FN2O2/c21-14-6-9-16-18(10-14)23(15-7-8-15)12-17(19(16)24)20(25)22-11-13-4-2-1-3-5-13/h1-6,9-10,12,15H,7-8,11H2,(H,22,25). The Kier molecular flexibility index (Phi) is 3.84. The zero-order chi connectivity index (χ0) is 17.4. The van der Waals surface area contributed by atoms with Gasteiger partial charge in [0.05, 0.1) is 5.52 Å². The van der Waals surface area contributed by atoms with E-state index in [0.717, 1.165) is 18.4 Å². The van der Waals surface area contributed by atoms with E-state index in [2.05, 4.69) is 5.32 Å². The molecule has 3 aromatic rings. The zero-order valence-electron chi connectivity index (χ0n) is 13.5. The molecule has 0 bridgehead atoms. The van der Waals surface area contributed by atoms with Gasteiger partial charge < -0.3 is 9.88 Å². The smallest absolute Gasteiger partial charge is 0.257 e. The van der Waals surface area contributed by atoms with Crippen molar-refractivity contribution in [2.45, 2.75) is 25.4 Å². The number of carbonyl (C=O) groups excluding carboxylic acids is 1. The lowest BCUT2D eigenvalue weighted by molar-refractivity contribution is 0.0949. The minimum absolute atomic E-state index is 0.0990. The van der Waals surface area contributed by atoms with Crippen LogP contribution in [-0.2, 0) is 6.54 Å². The van der Waals surface area contributed by atoms with Gasteiger partial charge in [-0.2, -0.15) is 0 Å². The lowest BCUT2D eigenvalue weighted by Crippen LogP contribution is -2.29. The summed E-state index contributed by atoms with van der Waals surface area (Å²) in [6.07, 6.45) is 3.52. The van der Waals surface area contributed by atoms with Crippen molar-refractivity contribution in [1.29, 1.82) is 0 Å². The number of pyridine rings is 1. The summed E-state index contributed by atoms with van der Waals surface area (Å²) in [7, 11) is 0. The molecule has 1 aliphatic rings. The summed E-state index contributed by atoms with van der Waals surface area (Å²) in [5, 5.41) is 3.17. The van der Waals surface area contributed by atoms with Crippen molar-refractivity contribution < 1.29 is 9.18 Å². The first-order valence-electron chi connectivity index (χ1n) is 8.30. The highest BCUT2D eigenvalue weighted by Gasteiger charge is 2.26. The van der Waals surface area contributed by atoms with E-state index < -0.39 is 5.91 Å². The maximum atomic E-state index is 13.6. The molecule has 1 N–H and O–H groups in total. The van der Waals surface area contributed by atoms with Crippen LogP contribution in [0.15, 0.2) is 59.5 Å². The Morgan fingerprint density at radius 3 is 2.64 bits per heavy atom. The van der Waals surface area contributed by atoms with Gasteiger partial charge >= 0.3 is 0 Å². The van der Waals surface area contributed by atoms with Crippen LogP contribution in [0.4, 0.5) is 4.39 Å². The minimum Gasteiger partial charge on any atom is -0.348 e. The van der Waals surface area contributed by atoms with E-state index in [1.165, 1.54) is 18.2 Å². The molecule has 0 atom stereocenters. The van der Waals surface area contributed by atoms with Gasteiger partial charge in [0.2, 0.25) is 5.43 Å². The van der Waals surface area contributed by atoms with E-state index in [4.69, 9.17) is 0 Å². The van der Waals surface area contributed by atoms with E-state index in [-0.39, 0.29) is 22.9 Å². The average Bonchev–Trinajstić information content (AvgIpc) is 3.46. The molecular formula is C20H17FN2O2. The lowest BCUT2D eigenvalue weighted by Gasteiger charge is -2.13. The van der Waals surface area contributed by atoms with Gasteiger partial charge in [-0.25, -0.2) is 4.39 Å². The fourth-order valence-electron chi connectivity index (χ4n) is 3.01. The Bertz CT molecular complexity index is 1010. The first-order valence-corrected chi connectivity index (χ1v) is 8.30. The molecule has 2 aromatic carbocycles. The van der Waals surface area contributed by atoms with Crippen molar-refractivity contribution in [2.24, 2.45) is 0 Å². The molecule has 5 heteroatoms. The van der Waals surface area contributed by atoms with Crippen LogP contribution in [0.3, 0.4) is 0 Å². The largest absolute Gasteiger partial charge is 0.348 e. The zero-order valence-corrected chi connectivity index (χ0v) is 13.5. The monoisotopic (exact) mass is 336 g/mol. The molecule has 1 amide bonds. The van der Waals surface area contributed by atoms with Gasteiger partial charge in [0, 0.05) is 24.2 Å². The van der Waals surface area contributed by atoms with E-state index >= 15 is 0 Å². The molecule has 4 nitrogen and oxygen atoms in total. The number of hydrogen-bond donors (Lipinski definition) is 1. The molecule has 1 saturated carbocycles. The molecule has 1 fully saturated rings. The van der Waals surface area contributed by atoms with Crippen LogP contribution < -0.4 is 10.7 Å². The number of nitrogens with one attached hydrogen (secondary N) is 1. The molecule has 0 unspecified atom stereocenters. The predicted molar refractivity (Wildman–Crippen MR) is 94.0 cm³/mol. The fraction of sp³-hybridized carbons (Fsp3) is 0.200. The van der Waals surface area contributed by atoms with Crippen molar-refractivity contribution in [3.8, 4) is 0 Å². The maximum Gasteiger partial charge on any atom is 0.257 e. The van der Waals surface area contributed by atoms with Gasteiger partial charge in [-0.05, 0) is 36.6 Å². The number of rotatable bonds is 4. The molecule has 25 heavy (non-hydrogen) atoms. The van der Waals surface area contributed by atoms with Gasteiger partial charge in [0.1, 0.15) is 11.4 Å². The number of amides is 1. The summed E-state index contributed by atoms with van der Waals surface area (Å²) in [5.74, 6) is -0.794. The number of benzene rings is 2. The number of fused-ring (bicyclic) bond motifs is 1. The summed E-state index contributed by atoms with van der Waals surface area (Å²) >= 11 is 0. The third-order valence-corrected chi connectivity index (χ3v) is 4.48. The van der Waals surface area contributed by atoms with Gasteiger partial charge in [-0.15, -0.1) is 0 Å². The first kappa shape index (κ1) is 15.6. The second kappa shape index (κ2) is 6.16. The average molecular weight is 336 g/mol. The molecule has 0 spiro atoms. The predicted octanol–water partition coefficient (Wildman–Crippen LogP) is 3.41. The van der Waals surface area contributed by atoms with E-state index in [9.17, 15) is 14.0 Å². The summed E-state index contributed by atoms with van der Waals surface area (Å²) in [4.78, 5) is 25.2. The molecule has 0 saturated heterocycles. The summed E-state index contributed by atoms with van der Waals surface area (Å²) in [6, 6.07) is 13.8. The molecule has 0 aliphatic heterocycles. The van der Waals surface area contributed by atoms with Crippen LogP contribution >= 0.6 is 0 Å². The van der Waals surface area contributed by atoms with E-state index in [0.29, 0.717) is 17.4 Å². The maximum absolute atomic E-state index is 13.6. The Morgan fingerprint density at radius 2 is 1.92 bits per heavy atom. The van der Waals surface area contributed by atoms with E-state index in [1.54, 1.807) is 6.20 Å². The molecule has 0 radical (unpaired) electrons. The Hall–Kier alpha value is -2.95. The number of carbonyl (C=O) groups is 1. The molecule has 1 heterocycles. The van der Waals surface area contributed by atoms with Crippen LogP contribution in [0.5, 0.6) is 0 Å². The van der Waals surface area contributed by atoms with Gasteiger partial charge in [0.25, 0.3) is 5.91 Å². The second-order valence-electron chi connectivity index (χ2n) is 6.34. The molecular weight excluding hydrogens is 319 g/mol. The lowest BCUT2D eigenvalue weighted by atomic mass is 10.1. The number of hydrogen-bond acceptors (Lipinski definition) is 2. The third-order valence-electron chi connectivity index (χ3n) is 4.48. The van der Waals surface area contributed by atoms with Crippen LogP contribution in [0.2, 0.25) is 0 Å². The topological polar surface area (TPSA) is 51.1 Å². The molecule has 126 valence electrons. The minimum atomic E-state index is -0.408. The van der Waals surface area contributed by atoms with Crippen molar-refractivity contribution in [3.63, 3.8) is 0 Å². The summed E-state index contributed by atoms with van der Waals surface area (Å²) in [6.45, 7) is 0.351. The Balaban J connectivity index is 1.71. The van der Waals surface area contributed by atoms with Crippen molar-refractivity contribution in [2.75, 3.05) is 0 Å². The Morgan fingerprint density at radius 1 is 1.16 bits per heavy atom. The number of halogens is 1. The second-order valence-corrected chi connectivity index (χ2v) is 6.34. The van der Waals surface area contributed by atoms with Crippen LogP contribution in [0.25, 0.3) is 10.9 Å². The number of aromatic nitrogens is 1. The quantitative estimate of drug-likeness (QED) is 0.794. The van der Waals surface area contributed by atoms with Crippen LogP contribution in [0.1, 0.15) is 34.8 Å². The highest BCUT2D eigenvalue weighted by atomic mass is 19.1. The van der Waals surface area contributed by atoms with Crippen LogP contribution in [-0.4, -0.2) is 10.5 Å². The van der Waals surface area contributed by atoms with E-state index in [1.807, 2.05) is 34.9 Å². The first-order chi connectivity index (χ1) is 12.1. The summed E-state index contributed by atoms with van der Waals surface area (Å²) in [5.41, 5.74) is 1.24. The third kappa shape index (κ3) is 3.05. The molecule has 1 aromatic heterocycles. The number of nitrogens with zero attached hydrogens (tertiary/aromatic N) is 1. The normalized spacial score (nSPS) is 13.8. The summed E-state index contributed by atoms with van der Waals surface area (Å²) < 4.78 is 15.5. The van der Waals surface area contributed by atoms with Crippen molar-refractivity contribution in [3.05, 3.63) is 81.9 Å². The van der Waals surface area contributed by atoms with Gasteiger partial charge in [-0.3, -0.25) is 9.59 Å². The Labute approximate surface area is 143 Å². The molecule has 1 aliphatic carbocycles.